The normalized spacial score (nSPS) is 10.9. The van der Waals surface area contributed by atoms with E-state index < -0.39 is 5.56 Å². The second-order valence-corrected chi connectivity index (χ2v) is 5.31. The van der Waals surface area contributed by atoms with E-state index in [4.69, 9.17) is 0 Å². The first-order chi connectivity index (χ1) is 12.1. The molecule has 25 heavy (non-hydrogen) atoms. The molecule has 3 aromatic rings. The van der Waals surface area contributed by atoms with E-state index in [1.807, 2.05) is 36.4 Å². The Hall–Kier alpha value is -3.73. The van der Waals surface area contributed by atoms with Crippen LogP contribution in [0.25, 0.3) is 0 Å². The topological polar surface area (TPSA) is 109 Å². The lowest BCUT2D eigenvalue weighted by Crippen LogP contribution is -2.26. The summed E-state index contributed by atoms with van der Waals surface area (Å²) in [5, 5.41) is 31.3. The number of aromatic hydroxyl groups is 1. The van der Waals surface area contributed by atoms with Gasteiger partial charge >= 0.3 is 0 Å². The largest absolute Gasteiger partial charge is 0.494 e. The van der Waals surface area contributed by atoms with Crippen molar-refractivity contribution in [2.45, 2.75) is 13.5 Å². The highest BCUT2D eigenvalue weighted by molar-refractivity contribution is 5.85. The molecule has 0 aliphatic heterocycles. The van der Waals surface area contributed by atoms with E-state index in [9.17, 15) is 15.2 Å². The van der Waals surface area contributed by atoms with Crippen molar-refractivity contribution < 1.29 is 5.11 Å². The van der Waals surface area contributed by atoms with Crippen molar-refractivity contribution in [2.24, 2.45) is 5.10 Å². The predicted molar refractivity (Wildman–Crippen MR) is 90.4 cm³/mol. The van der Waals surface area contributed by atoms with Gasteiger partial charge in [-0.1, -0.05) is 30.3 Å². The zero-order chi connectivity index (χ0) is 17.8. The molecule has 0 spiro atoms. The Labute approximate surface area is 142 Å². The summed E-state index contributed by atoms with van der Waals surface area (Å²) >= 11 is 0. The fourth-order valence-electron chi connectivity index (χ4n) is 2.42. The minimum absolute atomic E-state index is 0.0288. The van der Waals surface area contributed by atoms with Gasteiger partial charge in [-0.05, 0) is 18.1 Å². The monoisotopic (exact) mass is 334 g/mol. The van der Waals surface area contributed by atoms with Crippen LogP contribution in [0.15, 0.2) is 52.9 Å². The van der Waals surface area contributed by atoms with Crippen LogP contribution in [0.2, 0.25) is 0 Å². The molecule has 8 heteroatoms. The van der Waals surface area contributed by atoms with Gasteiger partial charge in [0.2, 0.25) is 5.88 Å². The number of aromatic nitrogens is 4. The first-order valence-electron chi connectivity index (χ1n) is 7.41. The summed E-state index contributed by atoms with van der Waals surface area (Å²) in [6.45, 7) is 1.74. The number of benzene rings is 1. The van der Waals surface area contributed by atoms with Gasteiger partial charge < -0.3 is 5.11 Å². The molecule has 0 unspecified atom stereocenters. The molecule has 1 N–H and O–H groups in total. The van der Waals surface area contributed by atoms with Crippen LogP contribution in [0.3, 0.4) is 0 Å². The van der Waals surface area contributed by atoms with Gasteiger partial charge in [0.25, 0.3) is 5.56 Å². The summed E-state index contributed by atoms with van der Waals surface area (Å²) in [4.78, 5) is 12.5. The van der Waals surface area contributed by atoms with Crippen LogP contribution in [0.1, 0.15) is 22.3 Å². The molecule has 2 aromatic heterocycles. The molecule has 0 aliphatic rings. The predicted octanol–water partition coefficient (Wildman–Crippen LogP) is 1.26. The van der Waals surface area contributed by atoms with Gasteiger partial charge in [-0.25, -0.2) is 4.68 Å². The molecule has 0 radical (unpaired) electrons. The molecule has 124 valence electrons. The van der Waals surface area contributed by atoms with Gasteiger partial charge in [-0.15, -0.1) is 10.2 Å². The Morgan fingerprint density at radius 1 is 1.28 bits per heavy atom. The molecular weight excluding hydrogens is 320 g/mol. The van der Waals surface area contributed by atoms with Crippen LogP contribution >= 0.6 is 0 Å². The molecule has 2 heterocycles. The summed E-state index contributed by atoms with van der Waals surface area (Å²) in [6, 6.07) is 11.1. The second-order valence-electron chi connectivity index (χ2n) is 5.31. The van der Waals surface area contributed by atoms with Crippen LogP contribution in [0.4, 0.5) is 0 Å². The van der Waals surface area contributed by atoms with Crippen molar-refractivity contribution in [1.82, 2.24) is 19.4 Å². The highest BCUT2D eigenvalue weighted by Crippen LogP contribution is 2.20. The molecular formula is C17H14N6O2. The minimum atomic E-state index is -0.539. The first kappa shape index (κ1) is 16.1. The zero-order valence-corrected chi connectivity index (χ0v) is 13.4. The molecule has 0 aliphatic carbocycles. The van der Waals surface area contributed by atoms with Crippen LogP contribution in [-0.4, -0.2) is 30.8 Å². The summed E-state index contributed by atoms with van der Waals surface area (Å²) < 4.78 is 2.51. The third-order valence-electron chi connectivity index (χ3n) is 3.76. The molecule has 0 bridgehead atoms. The Morgan fingerprint density at radius 2 is 1.96 bits per heavy atom. The van der Waals surface area contributed by atoms with Crippen molar-refractivity contribution in [3.63, 3.8) is 0 Å². The standard InChI is InChI=1S/C17H14N6O2/c1-12-14(7-18)16(24)23(9-13-5-3-2-4-6-13)17(25)15(12)8-21-22-10-19-20-11-22/h2-6,8,10-11,25H,9H2,1H3/b21-8+. The summed E-state index contributed by atoms with van der Waals surface area (Å²) in [5.41, 5.74) is 0.919. The SMILES string of the molecule is Cc1c(/C=N/n2cnnc2)c(O)n(Cc2ccccc2)c(=O)c1C#N. The Morgan fingerprint density at radius 3 is 2.60 bits per heavy atom. The van der Waals surface area contributed by atoms with E-state index >= 15 is 0 Å². The van der Waals surface area contributed by atoms with Crippen LogP contribution < -0.4 is 5.56 Å². The highest BCUT2D eigenvalue weighted by Gasteiger charge is 2.18. The van der Waals surface area contributed by atoms with E-state index in [1.165, 1.54) is 23.5 Å². The van der Waals surface area contributed by atoms with Crippen molar-refractivity contribution in [3.05, 3.63) is 75.6 Å². The molecule has 0 atom stereocenters. The number of pyridine rings is 1. The highest BCUT2D eigenvalue weighted by atomic mass is 16.3. The minimum Gasteiger partial charge on any atom is -0.494 e. The van der Waals surface area contributed by atoms with Gasteiger partial charge in [0.1, 0.15) is 24.3 Å². The lowest BCUT2D eigenvalue weighted by Gasteiger charge is -2.14. The number of nitrogens with zero attached hydrogens (tertiary/aromatic N) is 6. The maximum Gasteiger partial charge on any atom is 0.271 e. The van der Waals surface area contributed by atoms with E-state index in [0.29, 0.717) is 11.1 Å². The van der Waals surface area contributed by atoms with Gasteiger partial charge in [0.05, 0.1) is 18.3 Å². The summed E-state index contributed by atoms with van der Waals surface area (Å²) in [7, 11) is 0. The van der Waals surface area contributed by atoms with Crippen molar-refractivity contribution in [2.75, 3.05) is 0 Å². The van der Waals surface area contributed by atoms with E-state index in [1.54, 1.807) is 6.92 Å². The molecule has 0 saturated heterocycles. The average molecular weight is 334 g/mol. The quantitative estimate of drug-likeness (QED) is 0.722. The van der Waals surface area contributed by atoms with Gasteiger partial charge in [-0.2, -0.15) is 10.4 Å². The van der Waals surface area contributed by atoms with Crippen molar-refractivity contribution in [1.29, 1.82) is 5.26 Å². The van der Waals surface area contributed by atoms with Gasteiger partial charge in [0.15, 0.2) is 0 Å². The van der Waals surface area contributed by atoms with Gasteiger partial charge in [-0.3, -0.25) is 9.36 Å². The Balaban J connectivity index is 2.13. The molecule has 8 nitrogen and oxygen atoms in total. The maximum absolute atomic E-state index is 12.5. The molecule has 3 rings (SSSR count). The first-order valence-corrected chi connectivity index (χ1v) is 7.41. The number of rotatable bonds is 4. The Bertz CT molecular complexity index is 1010. The second kappa shape index (κ2) is 6.80. The number of hydrogen-bond donors (Lipinski definition) is 1. The number of hydrogen-bond acceptors (Lipinski definition) is 6. The number of nitriles is 1. The fourth-order valence-corrected chi connectivity index (χ4v) is 2.42. The van der Waals surface area contributed by atoms with E-state index in [2.05, 4.69) is 15.3 Å². The smallest absolute Gasteiger partial charge is 0.271 e. The zero-order valence-electron chi connectivity index (χ0n) is 13.4. The third-order valence-corrected chi connectivity index (χ3v) is 3.76. The molecule has 0 fully saturated rings. The Kier molecular flexibility index (Phi) is 4.39. The van der Waals surface area contributed by atoms with Crippen molar-refractivity contribution >= 4 is 6.21 Å². The lowest BCUT2D eigenvalue weighted by atomic mass is 10.1. The fraction of sp³-hybridized carbons (Fsp3) is 0.118. The third kappa shape index (κ3) is 3.16. The van der Waals surface area contributed by atoms with Gasteiger partial charge in [0, 0.05) is 0 Å². The van der Waals surface area contributed by atoms with Crippen LogP contribution in [-0.2, 0) is 6.54 Å². The van der Waals surface area contributed by atoms with Crippen LogP contribution in [0.5, 0.6) is 5.88 Å². The average Bonchev–Trinajstić information content (AvgIpc) is 3.13. The molecule has 0 amide bonds. The van der Waals surface area contributed by atoms with E-state index in [0.717, 1.165) is 10.1 Å². The van der Waals surface area contributed by atoms with E-state index in [-0.39, 0.29) is 18.0 Å². The van der Waals surface area contributed by atoms with Crippen molar-refractivity contribution in [3.8, 4) is 11.9 Å². The molecule has 0 saturated carbocycles. The summed E-state index contributed by atoms with van der Waals surface area (Å²) in [5.74, 6) is -0.248. The maximum atomic E-state index is 12.5. The molecule has 1 aromatic carbocycles. The van der Waals surface area contributed by atoms with Crippen LogP contribution in [0, 0.1) is 18.3 Å². The lowest BCUT2D eigenvalue weighted by molar-refractivity contribution is 0.413. The summed E-state index contributed by atoms with van der Waals surface area (Å²) in [6.07, 6.45) is 4.14.